The van der Waals surface area contributed by atoms with E-state index in [2.05, 4.69) is 9.47 Å². The Kier molecular flexibility index (Phi) is 8.25. The molecule has 36 heavy (non-hydrogen) atoms. The minimum absolute atomic E-state index is 0.133. The van der Waals surface area contributed by atoms with E-state index < -0.39 is 56.1 Å². The van der Waals surface area contributed by atoms with Crippen molar-refractivity contribution < 1.29 is 36.6 Å². The summed E-state index contributed by atoms with van der Waals surface area (Å²) in [5.41, 5.74) is -2.08. The summed E-state index contributed by atoms with van der Waals surface area (Å²) in [5, 5.41) is 18.6. The lowest BCUT2D eigenvalue weighted by molar-refractivity contribution is 0.0591. The number of carbonyl (C=O) groups excluding carboxylic acids is 2. The Labute approximate surface area is 210 Å². The zero-order chi connectivity index (χ0) is 26.6. The molecule has 0 spiro atoms. The SMILES string of the molecule is COC(=O)c1ccc(Sc2c(F)c(C#N)c(C#N)c(F)c2Sc2ccc(C(=O)OC)cc2F)c(F)c1. The topological polar surface area (TPSA) is 100 Å². The molecule has 0 atom stereocenters. The molecular formula is C24H12F4N2O4S2. The molecule has 0 aliphatic carbocycles. The Bertz CT molecular complexity index is 1370. The van der Waals surface area contributed by atoms with E-state index in [9.17, 15) is 28.9 Å². The average molecular weight is 532 g/mol. The fourth-order valence-electron chi connectivity index (χ4n) is 2.91. The first-order valence-electron chi connectivity index (χ1n) is 9.63. The summed E-state index contributed by atoms with van der Waals surface area (Å²) in [4.78, 5) is 21.6. The molecule has 12 heteroatoms. The standard InChI is InChI=1S/C24H12F4N2O4S2/c1-33-23(31)11-3-5-17(15(25)7-11)35-21-19(27)13(9-29)14(10-30)20(28)22(21)36-18-6-4-12(8-16(18)26)24(32)34-2/h3-8H,1-2H3. The number of ether oxygens (including phenoxy) is 2. The second-order valence-corrected chi connectivity index (χ2v) is 8.84. The van der Waals surface area contributed by atoms with E-state index in [0.717, 1.165) is 38.5 Å². The van der Waals surface area contributed by atoms with Crippen LogP contribution in [0.5, 0.6) is 0 Å². The summed E-state index contributed by atoms with van der Waals surface area (Å²) in [5.74, 6) is -6.23. The van der Waals surface area contributed by atoms with Crippen molar-refractivity contribution in [3.63, 3.8) is 0 Å². The molecule has 0 aliphatic heterocycles. The lowest BCUT2D eigenvalue weighted by Crippen LogP contribution is -2.04. The fraction of sp³-hybridized carbons (Fsp3) is 0.0833. The van der Waals surface area contributed by atoms with Crippen LogP contribution in [-0.2, 0) is 9.47 Å². The van der Waals surface area contributed by atoms with Crippen LogP contribution in [-0.4, -0.2) is 26.2 Å². The van der Waals surface area contributed by atoms with Crippen LogP contribution in [0.15, 0.2) is 56.0 Å². The molecule has 0 aliphatic rings. The van der Waals surface area contributed by atoms with Gasteiger partial charge in [0.25, 0.3) is 0 Å². The molecule has 0 radical (unpaired) electrons. The predicted octanol–water partition coefficient (Wildman–Crippen LogP) is 5.86. The zero-order valence-electron chi connectivity index (χ0n) is 18.3. The molecule has 0 heterocycles. The number of hydrogen-bond donors (Lipinski definition) is 0. The van der Waals surface area contributed by atoms with Crippen molar-refractivity contribution in [2.75, 3.05) is 14.2 Å². The van der Waals surface area contributed by atoms with Gasteiger partial charge in [-0.2, -0.15) is 10.5 Å². The van der Waals surface area contributed by atoms with Crippen LogP contribution in [0, 0.1) is 45.9 Å². The van der Waals surface area contributed by atoms with Gasteiger partial charge < -0.3 is 9.47 Å². The second-order valence-electron chi connectivity index (χ2n) is 6.74. The quantitative estimate of drug-likeness (QED) is 0.287. The molecule has 0 N–H and O–H groups in total. The molecule has 0 amide bonds. The van der Waals surface area contributed by atoms with E-state index >= 15 is 8.78 Å². The second kappa shape index (κ2) is 11.2. The van der Waals surface area contributed by atoms with Crippen molar-refractivity contribution in [1.82, 2.24) is 0 Å². The third-order valence-corrected chi connectivity index (χ3v) is 7.05. The highest BCUT2D eigenvalue weighted by Gasteiger charge is 2.28. The highest BCUT2D eigenvalue weighted by molar-refractivity contribution is 8.02. The fourth-order valence-corrected chi connectivity index (χ4v) is 4.94. The van der Waals surface area contributed by atoms with E-state index in [1.54, 1.807) is 0 Å². The molecule has 0 saturated carbocycles. The number of carbonyl (C=O) groups is 2. The van der Waals surface area contributed by atoms with Gasteiger partial charge >= 0.3 is 11.9 Å². The number of hydrogen-bond acceptors (Lipinski definition) is 8. The van der Waals surface area contributed by atoms with Crippen LogP contribution in [0.1, 0.15) is 31.8 Å². The van der Waals surface area contributed by atoms with Gasteiger partial charge in [-0.15, -0.1) is 0 Å². The number of nitrogens with zero attached hydrogens (tertiary/aromatic N) is 2. The Morgan fingerprint density at radius 1 is 0.722 bits per heavy atom. The predicted molar refractivity (Wildman–Crippen MR) is 120 cm³/mol. The van der Waals surface area contributed by atoms with Gasteiger partial charge in [0.05, 0.1) is 35.1 Å². The number of esters is 2. The average Bonchev–Trinajstić information content (AvgIpc) is 2.88. The van der Waals surface area contributed by atoms with E-state index in [1.165, 1.54) is 24.3 Å². The number of methoxy groups -OCH3 is 2. The van der Waals surface area contributed by atoms with E-state index in [0.29, 0.717) is 23.5 Å². The molecule has 182 valence electrons. The summed E-state index contributed by atoms with van der Waals surface area (Å²) in [7, 11) is 2.20. The van der Waals surface area contributed by atoms with Crippen molar-refractivity contribution in [1.29, 1.82) is 10.5 Å². The van der Waals surface area contributed by atoms with Gasteiger partial charge in [-0.25, -0.2) is 27.2 Å². The number of halogens is 4. The summed E-state index contributed by atoms with van der Waals surface area (Å²) < 4.78 is 69.1. The maximum atomic E-state index is 15.3. The zero-order valence-corrected chi connectivity index (χ0v) is 20.0. The van der Waals surface area contributed by atoms with Gasteiger partial charge in [0.2, 0.25) is 0 Å². The Morgan fingerprint density at radius 3 is 1.36 bits per heavy atom. The first kappa shape index (κ1) is 26.6. The van der Waals surface area contributed by atoms with Crippen molar-refractivity contribution in [2.45, 2.75) is 19.6 Å². The van der Waals surface area contributed by atoms with Crippen molar-refractivity contribution in [2.24, 2.45) is 0 Å². The smallest absolute Gasteiger partial charge is 0.337 e. The molecule has 0 unspecified atom stereocenters. The van der Waals surface area contributed by atoms with Crippen LogP contribution in [0.3, 0.4) is 0 Å². The van der Waals surface area contributed by atoms with Gasteiger partial charge in [0.1, 0.15) is 34.9 Å². The van der Waals surface area contributed by atoms with Crippen molar-refractivity contribution in [3.8, 4) is 12.1 Å². The Morgan fingerprint density at radius 2 is 1.08 bits per heavy atom. The van der Waals surface area contributed by atoms with Crippen LogP contribution in [0.25, 0.3) is 0 Å². The number of nitriles is 2. The third-order valence-electron chi connectivity index (χ3n) is 4.65. The maximum Gasteiger partial charge on any atom is 0.337 e. The van der Waals surface area contributed by atoms with E-state index in [-0.39, 0.29) is 20.9 Å². The van der Waals surface area contributed by atoms with Crippen LogP contribution in [0.4, 0.5) is 17.6 Å². The van der Waals surface area contributed by atoms with Gasteiger partial charge in [-0.05, 0) is 36.4 Å². The summed E-state index contributed by atoms with van der Waals surface area (Å²) in [6, 6.07) is 9.11. The van der Waals surface area contributed by atoms with E-state index in [4.69, 9.17) is 0 Å². The molecule has 0 saturated heterocycles. The highest BCUT2D eigenvalue weighted by atomic mass is 32.2. The van der Waals surface area contributed by atoms with E-state index in [1.807, 2.05) is 0 Å². The number of benzene rings is 3. The molecule has 3 rings (SSSR count). The third kappa shape index (κ3) is 5.15. The van der Waals surface area contributed by atoms with Crippen LogP contribution in [0.2, 0.25) is 0 Å². The molecule has 6 nitrogen and oxygen atoms in total. The minimum atomic E-state index is -1.31. The lowest BCUT2D eigenvalue weighted by atomic mass is 10.1. The molecule has 3 aromatic rings. The highest BCUT2D eigenvalue weighted by Crippen LogP contribution is 2.45. The number of rotatable bonds is 6. The maximum absolute atomic E-state index is 15.3. The summed E-state index contributed by atoms with van der Waals surface area (Å²) in [6.07, 6.45) is 0. The minimum Gasteiger partial charge on any atom is -0.465 e. The molecule has 0 aromatic heterocycles. The first-order valence-corrected chi connectivity index (χ1v) is 11.3. The summed E-state index contributed by atoms with van der Waals surface area (Å²) >= 11 is 0.750. The van der Waals surface area contributed by atoms with Gasteiger partial charge in [-0.1, -0.05) is 23.5 Å². The largest absolute Gasteiger partial charge is 0.465 e. The molecule has 0 bridgehead atoms. The van der Waals surface area contributed by atoms with Crippen molar-refractivity contribution in [3.05, 3.63) is 81.9 Å². The normalized spacial score (nSPS) is 10.3. The Hall–Kier alpha value is -4.00. The molecular weight excluding hydrogens is 520 g/mol. The summed E-state index contributed by atoms with van der Waals surface area (Å²) in [6.45, 7) is 0. The first-order chi connectivity index (χ1) is 17.2. The van der Waals surface area contributed by atoms with Crippen LogP contribution < -0.4 is 0 Å². The van der Waals surface area contributed by atoms with Crippen molar-refractivity contribution >= 4 is 35.5 Å². The molecule has 0 fully saturated rings. The van der Waals surface area contributed by atoms with Gasteiger partial charge in [0, 0.05) is 9.79 Å². The van der Waals surface area contributed by atoms with Gasteiger partial charge in [-0.3, -0.25) is 0 Å². The van der Waals surface area contributed by atoms with Crippen LogP contribution >= 0.6 is 23.5 Å². The molecule has 3 aromatic carbocycles. The monoisotopic (exact) mass is 532 g/mol. The lowest BCUT2D eigenvalue weighted by Gasteiger charge is -2.15. The Balaban J connectivity index is 2.17. The van der Waals surface area contributed by atoms with Gasteiger partial charge in [0.15, 0.2) is 11.6 Å².